The Balaban J connectivity index is 1.71. The summed E-state index contributed by atoms with van der Waals surface area (Å²) in [5.41, 5.74) is 0.530. The minimum absolute atomic E-state index is 0.0728. The van der Waals surface area contributed by atoms with Crippen molar-refractivity contribution < 1.29 is 31.9 Å². The number of esters is 1. The number of hydrogen-bond acceptors (Lipinski definition) is 3. The first-order chi connectivity index (χ1) is 21.3. The highest BCUT2D eigenvalue weighted by Crippen LogP contribution is 2.64. The lowest BCUT2D eigenvalue weighted by Crippen LogP contribution is -2.46. The van der Waals surface area contributed by atoms with Gasteiger partial charge in [-0.3, -0.25) is 4.79 Å². The molecule has 0 amide bonds. The number of ether oxygens (including phenoxy) is 1. The molecule has 1 spiro atoms. The molecule has 7 rings (SSSR count). The van der Waals surface area contributed by atoms with E-state index < -0.39 is 40.4 Å². The van der Waals surface area contributed by atoms with Gasteiger partial charge >= 0.3 is 5.97 Å². The molecular formula is C37H20F4O3. The smallest absolute Gasteiger partial charge is 0.334 e. The van der Waals surface area contributed by atoms with Crippen LogP contribution in [-0.2, 0) is 4.79 Å². The Morgan fingerprint density at radius 2 is 0.818 bits per heavy atom. The Hall–Kier alpha value is -5.56. The van der Waals surface area contributed by atoms with Gasteiger partial charge in [0.2, 0.25) is 0 Å². The van der Waals surface area contributed by atoms with Gasteiger partial charge in [0.1, 0.15) is 29.0 Å². The van der Waals surface area contributed by atoms with E-state index in [9.17, 15) is 27.2 Å². The largest absolute Gasteiger partial charge is 0.424 e. The topological polar surface area (TPSA) is 43.4 Å². The van der Waals surface area contributed by atoms with E-state index in [1.165, 1.54) is 103 Å². The lowest BCUT2D eigenvalue weighted by molar-refractivity contribution is -0.138. The molecule has 0 atom stereocenters. The zero-order valence-corrected chi connectivity index (χ0v) is 22.8. The summed E-state index contributed by atoms with van der Waals surface area (Å²) < 4.78 is 63.0. The molecular weight excluding hydrogens is 568 g/mol. The fourth-order valence-corrected chi connectivity index (χ4v) is 6.16. The van der Waals surface area contributed by atoms with Gasteiger partial charge in [0.15, 0.2) is 11.2 Å². The number of para-hydroxylation sites is 1. The second-order valence-electron chi connectivity index (χ2n) is 10.5. The normalized spacial score (nSPS) is 15.5. The number of carbonyl (C=O) groups is 2. The Bertz CT molecular complexity index is 1910. The Labute approximate surface area is 249 Å². The van der Waals surface area contributed by atoms with Crippen molar-refractivity contribution in [1.82, 2.24) is 0 Å². The summed E-state index contributed by atoms with van der Waals surface area (Å²) >= 11 is 0. The quantitative estimate of drug-likeness (QED) is 0.0915. The molecule has 7 heteroatoms. The van der Waals surface area contributed by atoms with Crippen molar-refractivity contribution in [1.29, 1.82) is 0 Å². The van der Waals surface area contributed by atoms with E-state index in [0.717, 1.165) is 0 Å². The highest BCUT2D eigenvalue weighted by Gasteiger charge is 2.62. The standard InChI is InChI=1S/C37H20F4O3/c38-25-13-5-21(6-14-25)31-32(22-7-15-26(39)16-8-22)34(24-11-19-28(41)20-12-24)37(33(31)23-9-17-27(40)18-10-23)35(42)29-3-1-2-4-30(29)44-36(37)43/h1-20H. The summed E-state index contributed by atoms with van der Waals surface area (Å²) in [6.45, 7) is 0. The Morgan fingerprint density at radius 3 is 1.23 bits per heavy atom. The molecule has 0 saturated heterocycles. The Kier molecular flexibility index (Phi) is 6.39. The van der Waals surface area contributed by atoms with Gasteiger partial charge in [0.05, 0.1) is 5.56 Å². The van der Waals surface area contributed by atoms with E-state index in [1.807, 2.05) is 0 Å². The summed E-state index contributed by atoms with van der Waals surface area (Å²) in [5.74, 6) is -3.58. The lowest BCUT2D eigenvalue weighted by atomic mass is 9.65. The summed E-state index contributed by atoms with van der Waals surface area (Å²) in [6, 6.07) is 28.0. The van der Waals surface area contributed by atoms with Gasteiger partial charge in [-0.05, 0) is 105 Å². The maximum absolute atomic E-state index is 15.0. The third-order valence-electron chi connectivity index (χ3n) is 8.01. The number of halogens is 4. The highest BCUT2D eigenvalue weighted by atomic mass is 19.1. The monoisotopic (exact) mass is 588 g/mol. The van der Waals surface area contributed by atoms with Gasteiger partial charge < -0.3 is 4.74 Å². The molecule has 0 unspecified atom stereocenters. The molecule has 2 aliphatic rings. The van der Waals surface area contributed by atoms with Crippen molar-refractivity contribution in [3.8, 4) is 5.75 Å². The van der Waals surface area contributed by atoms with Crippen LogP contribution in [0.1, 0.15) is 32.6 Å². The number of fused-ring (bicyclic) bond motifs is 1. The van der Waals surface area contributed by atoms with E-state index in [1.54, 1.807) is 18.2 Å². The van der Waals surface area contributed by atoms with Gasteiger partial charge in [-0.1, -0.05) is 60.7 Å². The predicted octanol–water partition coefficient (Wildman–Crippen LogP) is 8.57. The van der Waals surface area contributed by atoms with Crippen molar-refractivity contribution in [3.05, 3.63) is 172 Å². The highest BCUT2D eigenvalue weighted by molar-refractivity contribution is 6.44. The van der Waals surface area contributed by atoms with Crippen LogP contribution in [0.3, 0.4) is 0 Å². The summed E-state index contributed by atoms with van der Waals surface area (Å²) in [5, 5.41) is 0. The molecule has 0 radical (unpaired) electrons. The number of Topliss-reactive ketones (excluding diaryl/α,β-unsaturated/α-hetero) is 1. The molecule has 5 aromatic carbocycles. The molecule has 0 fully saturated rings. The number of benzene rings is 5. The van der Waals surface area contributed by atoms with Crippen LogP contribution in [-0.4, -0.2) is 11.8 Å². The molecule has 1 aliphatic carbocycles. The van der Waals surface area contributed by atoms with Crippen molar-refractivity contribution in [2.75, 3.05) is 0 Å². The second kappa shape index (κ2) is 10.3. The maximum Gasteiger partial charge on any atom is 0.334 e. The van der Waals surface area contributed by atoms with Crippen LogP contribution in [0.4, 0.5) is 17.6 Å². The van der Waals surface area contributed by atoms with Crippen LogP contribution in [0.15, 0.2) is 121 Å². The van der Waals surface area contributed by atoms with Crippen LogP contribution in [0.2, 0.25) is 0 Å². The number of hydrogen-bond donors (Lipinski definition) is 0. The van der Waals surface area contributed by atoms with Crippen LogP contribution in [0.25, 0.3) is 22.3 Å². The van der Waals surface area contributed by atoms with E-state index in [2.05, 4.69) is 0 Å². The fourth-order valence-electron chi connectivity index (χ4n) is 6.16. The van der Waals surface area contributed by atoms with Gasteiger partial charge in [0.25, 0.3) is 0 Å². The molecule has 1 heterocycles. The summed E-state index contributed by atoms with van der Waals surface area (Å²) in [7, 11) is 0. The lowest BCUT2D eigenvalue weighted by Gasteiger charge is -2.36. The van der Waals surface area contributed by atoms with E-state index in [-0.39, 0.29) is 22.5 Å². The van der Waals surface area contributed by atoms with Gasteiger partial charge in [-0.25, -0.2) is 22.4 Å². The SMILES string of the molecule is O=C1Oc2ccccc2C(=O)C12C(c1ccc(F)cc1)=C(c1ccc(F)cc1)C(c1ccc(F)cc1)=C2c1ccc(F)cc1. The molecule has 3 nitrogen and oxygen atoms in total. The maximum atomic E-state index is 15.0. The first-order valence-corrected chi connectivity index (χ1v) is 13.7. The molecule has 1 aliphatic heterocycles. The molecule has 5 aromatic rings. The van der Waals surface area contributed by atoms with Crippen molar-refractivity contribution in [2.45, 2.75) is 0 Å². The average Bonchev–Trinajstić information content (AvgIpc) is 3.34. The molecule has 0 saturated carbocycles. The van der Waals surface area contributed by atoms with Gasteiger partial charge in [0, 0.05) is 0 Å². The second-order valence-corrected chi connectivity index (χ2v) is 10.5. The van der Waals surface area contributed by atoms with E-state index >= 15 is 0 Å². The number of ketones is 1. The van der Waals surface area contributed by atoms with Crippen LogP contribution in [0.5, 0.6) is 5.75 Å². The molecule has 0 aromatic heterocycles. The zero-order chi connectivity index (χ0) is 30.6. The van der Waals surface area contributed by atoms with Gasteiger partial charge in [-0.15, -0.1) is 0 Å². The number of carbonyl (C=O) groups excluding carboxylic acids is 2. The number of rotatable bonds is 4. The number of allylic oxidation sites excluding steroid dienone is 2. The first kappa shape index (κ1) is 27.3. The molecule has 0 N–H and O–H groups in total. The predicted molar refractivity (Wildman–Crippen MR) is 158 cm³/mol. The van der Waals surface area contributed by atoms with Crippen LogP contribution in [0, 0.1) is 28.7 Å². The van der Waals surface area contributed by atoms with Crippen molar-refractivity contribution in [3.63, 3.8) is 0 Å². The van der Waals surface area contributed by atoms with Crippen molar-refractivity contribution in [2.24, 2.45) is 5.41 Å². The Morgan fingerprint density at radius 1 is 0.455 bits per heavy atom. The third kappa shape index (κ3) is 4.12. The molecule has 214 valence electrons. The summed E-state index contributed by atoms with van der Waals surface area (Å²) in [4.78, 5) is 29.6. The minimum Gasteiger partial charge on any atom is -0.424 e. The van der Waals surface area contributed by atoms with Crippen molar-refractivity contribution >= 4 is 34.0 Å². The molecule has 0 bridgehead atoms. The zero-order valence-electron chi connectivity index (χ0n) is 22.8. The average molecular weight is 589 g/mol. The van der Waals surface area contributed by atoms with Crippen LogP contribution < -0.4 is 4.74 Å². The minimum atomic E-state index is -2.17. The van der Waals surface area contributed by atoms with Crippen LogP contribution >= 0.6 is 0 Å². The third-order valence-corrected chi connectivity index (χ3v) is 8.01. The summed E-state index contributed by atoms with van der Waals surface area (Å²) in [6.07, 6.45) is 0. The molecule has 44 heavy (non-hydrogen) atoms. The van der Waals surface area contributed by atoms with E-state index in [0.29, 0.717) is 33.4 Å². The van der Waals surface area contributed by atoms with Gasteiger partial charge in [-0.2, -0.15) is 0 Å². The first-order valence-electron chi connectivity index (χ1n) is 13.7. The fraction of sp³-hybridized carbons (Fsp3) is 0.0270. The van der Waals surface area contributed by atoms with E-state index in [4.69, 9.17) is 4.74 Å².